The van der Waals surface area contributed by atoms with Crippen molar-refractivity contribution in [2.75, 3.05) is 0 Å². The topological polar surface area (TPSA) is 74.6 Å². The number of carbonyl (C=O) groups is 2. The summed E-state index contributed by atoms with van der Waals surface area (Å²) in [5.41, 5.74) is -1.21. The lowest BCUT2D eigenvalue weighted by Crippen LogP contribution is -2.28. The van der Waals surface area contributed by atoms with Gasteiger partial charge in [-0.15, -0.1) is 0 Å². The third-order valence-corrected chi connectivity index (χ3v) is 5.40. The summed E-state index contributed by atoms with van der Waals surface area (Å²) in [5, 5.41) is 18.9. The summed E-state index contributed by atoms with van der Waals surface area (Å²) in [5.74, 6) is -1.37. The van der Waals surface area contributed by atoms with E-state index in [0.717, 1.165) is 64.2 Å². The zero-order valence-electron chi connectivity index (χ0n) is 16.2. The molecule has 2 atom stereocenters. The Kier molecular flexibility index (Phi) is 11.0. The van der Waals surface area contributed by atoms with Crippen LogP contribution in [0.15, 0.2) is 0 Å². The van der Waals surface area contributed by atoms with Gasteiger partial charge in [-0.05, 0) is 39.5 Å². The Hall–Kier alpha value is -1.06. The third kappa shape index (κ3) is 8.16. The van der Waals surface area contributed by atoms with E-state index in [1.165, 1.54) is 0 Å². The lowest BCUT2D eigenvalue weighted by Gasteiger charge is -2.25. The minimum absolute atomic E-state index is 0.604. The second kappa shape index (κ2) is 11.5. The van der Waals surface area contributed by atoms with Gasteiger partial charge in [0.15, 0.2) is 0 Å². The molecule has 0 rings (SSSR count). The number of aliphatic carboxylic acids is 2. The average Bonchev–Trinajstić information content (AvgIpc) is 2.53. The molecule has 4 heteroatoms. The first-order chi connectivity index (χ1) is 11.2. The van der Waals surface area contributed by atoms with Crippen LogP contribution in [0.25, 0.3) is 0 Å². The van der Waals surface area contributed by atoms with Crippen LogP contribution in [0, 0.1) is 10.8 Å². The van der Waals surface area contributed by atoms with Gasteiger partial charge in [0.1, 0.15) is 0 Å². The highest BCUT2D eigenvalue weighted by atomic mass is 16.4. The lowest BCUT2D eigenvalue weighted by atomic mass is 9.79. The second-order valence-corrected chi connectivity index (χ2v) is 7.85. The Morgan fingerprint density at radius 3 is 1.17 bits per heavy atom. The molecule has 24 heavy (non-hydrogen) atoms. The Labute approximate surface area is 148 Å². The highest BCUT2D eigenvalue weighted by molar-refractivity contribution is 5.74. The van der Waals surface area contributed by atoms with Crippen molar-refractivity contribution in [3.8, 4) is 0 Å². The molecule has 0 radical (unpaired) electrons. The molecular weight excluding hydrogens is 304 g/mol. The van der Waals surface area contributed by atoms with Crippen molar-refractivity contribution in [1.29, 1.82) is 0 Å². The van der Waals surface area contributed by atoms with E-state index in [2.05, 4.69) is 13.8 Å². The van der Waals surface area contributed by atoms with E-state index in [9.17, 15) is 19.8 Å². The molecule has 0 bridgehead atoms. The molecule has 2 unspecified atom stereocenters. The predicted molar refractivity (Wildman–Crippen MR) is 98.2 cm³/mol. The predicted octanol–water partition coefficient (Wildman–Crippen LogP) is 5.89. The first-order valence-electron chi connectivity index (χ1n) is 9.68. The van der Waals surface area contributed by atoms with E-state index in [4.69, 9.17) is 0 Å². The fourth-order valence-corrected chi connectivity index (χ4v) is 3.20. The van der Waals surface area contributed by atoms with E-state index >= 15 is 0 Å². The van der Waals surface area contributed by atoms with Crippen molar-refractivity contribution in [3.63, 3.8) is 0 Å². The molecule has 0 heterocycles. The molecular formula is C20H38O4. The minimum Gasteiger partial charge on any atom is -0.481 e. The van der Waals surface area contributed by atoms with Gasteiger partial charge >= 0.3 is 11.9 Å². The van der Waals surface area contributed by atoms with E-state index in [1.807, 2.05) is 13.8 Å². The molecule has 0 saturated heterocycles. The highest BCUT2D eigenvalue weighted by Gasteiger charge is 2.32. The van der Waals surface area contributed by atoms with Crippen molar-refractivity contribution in [1.82, 2.24) is 0 Å². The van der Waals surface area contributed by atoms with Crippen LogP contribution in [-0.4, -0.2) is 22.2 Å². The number of carboxylic acid groups (broad SMARTS) is 2. The molecule has 0 fully saturated rings. The maximum atomic E-state index is 11.5. The first-order valence-corrected chi connectivity index (χ1v) is 9.68. The summed E-state index contributed by atoms with van der Waals surface area (Å²) in [6, 6.07) is 0. The number of carboxylic acids is 2. The van der Waals surface area contributed by atoms with E-state index in [0.29, 0.717) is 12.8 Å². The van der Waals surface area contributed by atoms with Crippen LogP contribution in [-0.2, 0) is 9.59 Å². The molecule has 0 aromatic heterocycles. The summed E-state index contributed by atoms with van der Waals surface area (Å²) in [6.45, 7) is 7.88. The fourth-order valence-electron chi connectivity index (χ4n) is 3.20. The number of hydrogen-bond donors (Lipinski definition) is 2. The fraction of sp³-hybridized carbons (Fsp3) is 0.900. The molecule has 0 aromatic carbocycles. The Balaban J connectivity index is 4.15. The summed E-state index contributed by atoms with van der Waals surface area (Å²) in [4.78, 5) is 23.0. The Morgan fingerprint density at radius 1 is 0.625 bits per heavy atom. The van der Waals surface area contributed by atoms with Gasteiger partial charge in [-0.25, -0.2) is 0 Å². The lowest BCUT2D eigenvalue weighted by molar-refractivity contribution is -0.150. The summed E-state index contributed by atoms with van der Waals surface area (Å²) in [7, 11) is 0. The van der Waals surface area contributed by atoms with E-state index < -0.39 is 22.8 Å². The van der Waals surface area contributed by atoms with Crippen LogP contribution in [0.1, 0.15) is 105 Å². The molecule has 4 nitrogen and oxygen atoms in total. The van der Waals surface area contributed by atoms with Crippen LogP contribution < -0.4 is 0 Å². The molecule has 142 valence electrons. The van der Waals surface area contributed by atoms with Gasteiger partial charge in [-0.1, -0.05) is 65.2 Å². The maximum Gasteiger partial charge on any atom is 0.309 e. The van der Waals surface area contributed by atoms with Crippen LogP contribution in [0.3, 0.4) is 0 Å². The molecule has 0 spiro atoms. The molecule has 0 aromatic rings. The highest BCUT2D eigenvalue weighted by Crippen LogP contribution is 2.33. The van der Waals surface area contributed by atoms with Crippen LogP contribution in [0.2, 0.25) is 0 Å². The third-order valence-electron chi connectivity index (χ3n) is 5.40. The molecule has 0 aliphatic rings. The molecule has 0 aliphatic heterocycles. The van der Waals surface area contributed by atoms with E-state index in [-0.39, 0.29) is 0 Å². The monoisotopic (exact) mass is 342 g/mol. The average molecular weight is 343 g/mol. The molecule has 0 saturated carbocycles. The number of hydrogen-bond acceptors (Lipinski definition) is 2. The zero-order valence-corrected chi connectivity index (χ0v) is 16.2. The van der Waals surface area contributed by atoms with Gasteiger partial charge in [-0.2, -0.15) is 0 Å². The Bertz CT molecular complexity index is 344. The smallest absolute Gasteiger partial charge is 0.309 e. The van der Waals surface area contributed by atoms with E-state index in [1.54, 1.807) is 0 Å². The van der Waals surface area contributed by atoms with Crippen molar-refractivity contribution >= 4 is 11.9 Å². The van der Waals surface area contributed by atoms with Gasteiger partial charge in [0, 0.05) is 0 Å². The SMILES string of the molecule is CCCCC(C)(CCCCCCC(C)(CCCC)C(=O)O)C(=O)O. The molecule has 0 aliphatic carbocycles. The zero-order chi connectivity index (χ0) is 18.6. The van der Waals surface area contributed by atoms with Gasteiger partial charge in [0.05, 0.1) is 10.8 Å². The van der Waals surface area contributed by atoms with Gasteiger partial charge < -0.3 is 10.2 Å². The van der Waals surface area contributed by atoms with Crippen LogP contribution >= 0.6 is 0 Å². The Morgan fingerprint density at radius 2 is 0.917 bits per heavy atom. The summed E-state index contributed by atoms with van der Waals surface area (Å²) < 4.78 is 0. The van der Waals surface area contributed by atoms with Crippen molar-refractivity contribution < 1.29 is 19.8 Å². The van der Waals surface area contributed by atoms with Gasteiger partial charge in [0.25, 0.3) is 0 Å². The first kappa shape index (κ1) is 22.9. The van der Waals surface area contributed by atoms with Crippen LogP contribution in [0.5, 0.6) is 0 Å². The van der Waals surface area contributed by atoms with Crippen molar-refractivity contribution in [3.05, 3.63) is 0 Å². The van der Waals surface area contributed by atoms with Crippen LogP contribution in [0.4, 0.5) is 0 Å². The maximum absolute atomic E-state index is 11.5. The van der Waals surface area contributed by atoms with Crippen molar-refractivity contribution in [2.24, 2.45) is 10.8 Å². The van der Waals surface area contributed by atoms with Gasteiger partial charge in [0.2, 0.25) is 0 Å². The molecule has 0 amide bonds. The largest absolute Gasteiger partial charge is 0.481 e. The number of rotatable bonds is 15. The van der Waals surface area contributed by atoms with Crippen molar-refractivity contribution in [2.45, 2.75) is 105 Å². The number of unbranched alkanes of at least 4 members (excludes halogenated alkanes) is 5. The molecule has 2 N–H and O–H groups in total. The minimum atomic E-state index is -0.686. The quantitative estimate of drug-likeness (QED) is 0.364. The van der Waals surface area contributed by atoms with Gasteiger partial charge in [-0.3, -0.25) is 9.59 Å². The summed E-state index contributed by atoms with van der Waals surface area (Å²) >= 11 is 0. The standard InChI is InChI=1S/C20H38O4/c1-5-7-13-19(3,17(21)22)15-11-9-10-12-16-20(4,18(23)24)14-8-6-2/h5-16H2,1-4H3,(H,21,22)(H,23,24). The second-order valence-electron chi connectivity index (χ2n) is 7.85. The summed E-state index contributed by atoms with van der Waals surface area (Å²) in [6.07, 6.45) is 10.7. The normalized spacial score (nSPS) is 16.3.